The van der Waals surface area contributed by atoms with E-state index in [1.54, 1.807) is 0 Å². The molecule has 0 N–H and O–H groups in total. The quantitative estimate of drug-likeness (QED) is 0.334. The zero-order chi connectivity index (χ0) is 13.0. The van der Waals surface area contributed by atoms with Crippen LogP contribution in [0.25, 0.3) is 0 Å². The minimum Gasteiger partial charge on any atom is -0.465 e. The average molecular weight is 234 g/mol. The summed E-state index contributed by atoms with van der Waals surface area (Å²) in [6, 6.07) is 3.77. The second-order valence-electron chi connectivity index (χ2n) is 2.90. The van der Waals surface area contributed by atoms with Gasteiger partial charge >= 0.3 is 11.7 Å². The van der Waals surface area contributed by atoms with Gasteiger partial charge in [-0.1, -0.05) is 0 Å². The monoisotopic (exact) mass is 234 g/mol. The second kappa shape index (κ2) is 4.85. The molecule has 0 bridgehead atoms. The summed E-state index contributed by atoms with van der Waals surface area (Å²) in [7, 11) is 1.06. The second-order valence-corrected chi connectivity index (χ2v) is 2.90. The van der Waals surface area contributed by atoms with Gasteiger partial charge in [-0.15, -0.1) is 0 Å². The van der Waals surface area contributed by atoms with Crippen molar-refractivity contribution in [1.82, 2.24) is 0 Å². The Bertz CT molecular complexity index is 544. The highest BCUT2D eigenvalue weighted by atomic mass is 16.6. The molecule has 0 fully saturated rings. The molecule has 0 unspecified atom stereocenters. The van der Waals surface area contributed by atoms with Gasteiger partial charge < -0.3 is 4.74 Å². The number of methoxy groups -OCH3 is 1. The van der Waals surface area contributed by atoms with Crippen molar-refractivity contribution in [3.63, 3.8) is 0 Å². The molecule has 0 radical (unpaired) electrons. The fourth-order valence-electron chi connectivity index (χ4n) is 1.29. The van der Waals surface area contributed by atoms with Crippen molar-refractivity contribution < 1.29 is 19.2 Å². The smallest absolute Gasteiger partial charge is 0.344 e. The fourth-order valence-corrected chi connectivity index (χ4v) is 1.29. The minimum absolute atomic E-state index is 0.146. The zero-order valence-corrected chi connectivity index (χ0v) is 8.67. The first-order valence-corrected chi connectivity index (χ1v) is 4.31. The Labute approximate surface area is 95.4 Å². The van der Waals surface area contributed by atoms with Crippen LogP contribution in [0, 0.1) is 21.4 Å². The van der Waals surface area contributed by atoms with E-state index in [-0.39, 0.29) is 11.1 Å². The van der Waals surface area contributed by atoms with Gasteiger partial charge in [0.05, 0.1) is 12.0 Å². The Kier molecular flexibility index (Phi) is 3.51. The van der Waals surface area contributed by atoms with Crippen LogP contribution >= 0.6 is 0 Å². The predicted octanol–water partition coefficient (Wildman–Crippen LogP) is 1.07. The summed E-state index contributed by atoms with van der Waals surface area (Å²) in [5, 5.41) is 19.6. The van der Waals surface area contributed by atoms with E-state index in [0.29, 0.717) is 6.29 Å². The molecule has 0 aliphatic rings. The van der Waals surface area contributed by atoms with Gasteiger partial charge in [-0.25, -0.2) is 4.79 Å². The molecule has 17 heavy (non-hydrogen) atoms. The van der Waals surface area contributed by atoms with Gasteiger partial charge in [0.1, 0.15) is 17.2 Å². The molecule has 0 aliphatic carbocycles. The molecule has 0 aliphatic heterocycles. The third kappa shape index (κ3) is 2.10. The van der Waals surface area contributed by atoms with Gasteiger partial charge in [-0.3, -0.25) is 14.9 Å². The number of nitro groups is 1. The molecule has 1 rings (SSSR count). The summed E-state index contributed by atoms with van der Waals surface area (Å²) in [6.07, 6.45) is 0.312. The number of ether oxygens (including phenoxy) is 1. The van der Waals surface area contributed by atoms with E-state index in [9.17, 15) is 19.7 Å². The summed E-state index contributed by atoms with van der Waals surface area (Å²) in [5.74, 6) is -0.939. The number of aldehydes is 1. The number of carbonyl (C=O) groups is 2. The number of nitro benzene ring substituents is 1. The van der Waals surface area contributed by atoms with Gasteiger partial charge in [-0.2, -0.15) is 5.26 Å². The number of nitrogens with zero attached hydrogens (tertiary/aromatic N) is 2. The molecule has 1 aromatic rings. The number of nitriles is 1. The van der Waals surface area contributed by atoms with Crippen molar-refractivity contribution in [2.45, 2.75) is 0 Å². The maximum absolute atomic E-state index is 11.3. The molecule has 0 heterocycles. The van der Waals surface area contributed by atoms with Gasteiger partial charge in [0.15, 0.2) is 6.29 Å². The molecular formula is C10H6N2O5. The highest BCUT2D eigenvalue weighted by Crippen LogP contribution is 2.26. The van der Waals surface area contributed by atoms with Crippen LogP contribution in [0.4, 0.5) is 5.69 Å². The highest BCUT2D eigenvalue weighted by molar-refractivity contribution is 5.97. The molecule has 0 aromatic heterocycles. The van der Waals surface area contributed by atoms with Crippen LogP contribution in [0.2, 0.25) is 0 Å². The van der Waals surface area contributed by atoms with Gasteiger partial charge in [0.25, 0.3) is 0 Å². The summed E-state index contributed by atoms with van der Waals surface area (Å²) < 4.78 is 4.36. The summed E-state index contributed by atoms with van der Waals surface area (Å²) >= 11 is 0. The molecule has 0 saturated carbocycles. The molecule has 86 valence electrons. The van der Waals surface area contributed by atoms with E-state index >= 15 is 0 Å². The maximum atomic E-state index is 11.3. The van der Waals surface area contributed by atoms with Crippen LogP contribution in [-0.2, 0) is 4.74 Å². The van der Waals surface area contributed by atoms with Crippen molar-refractivity contribution in [2.75, 3.05) is 7.11 Å². The Morgan fingerprint density at radius 3 is 2.65 bits per heavy atom. The standard InChI is InChI=1S/C10H6N2O5/c1-17-10(14)7-3-2-6(5-13)8(4-11)9(7)12(15)16/h2-3,5H,1H3. The van der Waals surface area contributed by atoms with Crippen LogP contribution in [0.1, 0.15) is 26.3 Å². The van der Waals surface area contributed by atoms with Crippen LogP contribution in [-0.4, -0.2) is 24.3 Å². The van der Waals surface area contributed by atoms with E-state index < -0.39 is 22.1 Å². The van der Waals surface area contributed by atoms with E-state index in [2.05, 4.69) is 4.74 Å². The van der Waals surface area contributed by atoms with Crippen LogP contribution < -0.4 is 0 Å². The molecule has 0 atom stereocenters. The van der Waals surface area contributed by atoms with Crippen molar-refractivity contribution in [1.29, 1.82) is 5.26 Å². The Morgan fingerprint density at radius 1 is 1.59 bits per heavy atom. The normalized spacial score (nSPS) is 9.18. The Hall–Kier alpha value is -2.75. The molecule has 0 saturated heterocycles. The molecule has 0 amide bonds. The van der Waals surface area contributed by atoms with Crippen molar-refractivity contribution in [3.8, 4) is 6.07 Å². The minimum atomic E-state index is -0.939. The lowest BCUT2D eigenvalue weighted by Gasteiger charge is -2.03. The number of esters is 1. The van der Waals surface area contributed by atoms with E-state index in [0.717, 1.165) is 19.2 Å². The largest absolute Gasteiger partial charge is 0.465 e. The number of hydrogen-bond acceptors (Lipinski definition) is 6. The number of benzene rings is 1. The van der Waals surface area contributed by atoms with Gasteiger partial charge in [0.2, 0.25) is 0 Å². The lowest BCUT2D eigenvalue weighted by molar-refractivity contribution is -0.385. The van der Waals surface area contributed by atoms with Crippen molar-refractivity contribution >= 4 is 17.9 Å². The van der Waals surface area contributed by atoms with Crippen LogP contribution in [0.15, 0.2) is 12.1 Å². The summed E-state index contributed by atoms with van der Waals surface area (Å²) in [6.45, 7) is 0. The Morgan fingerprint density at radius 2 is 2.24 bits per heavy atom. The summed E-state index contributed by atoms with van der Waals surface area (Å²) in [5.41, 5.74) is -1.68. The topological polar surface area (TPSA) is 110 Å². The van der Waals surface area contributed by atoms with Crippen molar-refractivity contribution in [2.24, 2.45) is 0 Å². The first-order valence-electron chi connectivity index (χ1n) is 4.31. The summed E-state index contributed by atoms with van der Waals surface area (Å²) in [4.78, 5) is 31.8. The number of rotatable bonds is 3. The highest BCUT2D eigenvalue weighted by Gasteiger charge is 2.27. The van der Waals surface area contributed by atoms with Gasteiger partial charge in [-0.05, 0) is 12.1 Å². The van der Waals surface area contributed by atoms with E-state index in [1.165, 1.54) is 6.07 Å². The molecule has 0 spiro atoms. The number of hydrogen-bond donors (Lipinski definition) is 0. The predicted molar refractivity (Wildman–Crippen MR) is 54.5 cm³/mol. The third-order valence-corrected chi connectivity index (χ3v) is 2.04. The van der Waals surface area contributed by atoms with E-state index in [1.807, 2.05) is 0 Å². The fraction of sp³-hybridized carbons (Fsp3) is 0.100. The van der Waals surface area contributed by atoms with Crippen molar-refractivity contribution in [3.05, 3.63) is 38.9 Å². The van der Waals surface area contributed by atoms with E-state index in [4.69, 9.17) is 5.26 Å². The molecular weight excluding hydrogens is 228 g/mol. The number of carbonyl (C=O) groups excluding carboxylic acids is 2. The Balaban J connectivity index is 3.66. The molecule has 7 nitrogen and oxygen atoms in total. The zero-order valence-electron chi connectivity index (χ0n) is 8.67. The first-order chi connectivity index (χ1) is 8.06. The van der Waals surface area contributed by atoms with Crippen LogP contribution in [0.3, 0.4) is 0 Å². The lowest BCUT2D eigenvalue weighted by Crippen LogP contribution is -2.08. The first kappa shape index (κ1) is 12.3. The lowest BCUT2D eigenvalue weighted by atomic mass is 10.0. The molecule has 7 heteroatoms. The SMILES string of the molecule is COC(=O)c1ccc(C=O)c(C#N)c1[N+](=O)[O-]. The van der Waals surface area contributed by atoms with Crippen LogP contribution in [0.5, 0.6) is 0 Å². The average Bonchev–Trinajstić information content (AvgIpc) is 2.35. The third-order valence-electron chi connectivity index (χ3n) is 2.04. The molecule has 1 aromatic carbocycles. The maximum Gasteiger partial charge on any atom is 0.344 e. The van der Waals surface area contributed by atoms with Gasteiger partial charge in [0, 0.05) is 5.56 Å².